The molecule has 0 saturated carbocycles. The number of rotatable bonds is 14. The lowest BCUT2D eigenvalue weighted by Gasteiger charge is -2.39. The molecule has 0 bridgehead atoms. The van der Waals surface area contributed by atoms with E-state index >= 15 is 0 Å². The summed E-state index contributed by atoms with van der Waals surface area (Å²) in [5.74, 6) is 0.0147. The zero-order chi connectivity index (χ0) is 32.7. The second kappa shape index (κ2) is 15.7. The summed E-state index contributed by atoms with van der Waals surface area (Å²) < 4.78 is 17.3. The van der Waals surface area contributed by atoms with Crippen LogP contribution in [0.25, 0.3) is 11.1 Å². The molecule has 2 aromatic carbocycles. The molecule has 1 aliphatic carbocycles. The van der Waals surface area contributed by atoms with Gasteiger partial charge in [0.2, 0.25) is 11.8 Å². The normalized spacial score (nSPS) is 18.6. The van der Waals surface area contributed by atoms with Gasteiger partial charge in [-0.1, -0.05) is 82.6 Å². The first-order chi connectivity index (χ1) is 21.6. The van der Waals surface area contributed by atoms with Gasteiger partial charge in [0, 0.05) is 33.7 Å². The molecule has 1 aliphatic heterocycles. The number of methoxy groups -OCH3 is 2. The Hall–Kier alpha value is -3.43. The van der Waals surface area contributed by atoms with Crippen molar-refractivity contribution in [3.63, 3.8) is 0 Å². The van der Waals surface area contributed by atoms with Gasteiger partial charge in [-0.25, -0.2) is 4.79 Å². The zero-order valence-corrected chi connectivity index (χ0v) is 28.0. The van der Waals surface area contributed by atoms with Crippen molar-refractivity contribution in [2.75, 3.05) is 41.0 Å². The van der Waals surface area contributed by atoms with Crippen LogP contribution in [0.15, 0.2) is 48.5 Å². The van der Waals surface area contributed by atoms with Crippen molar-refractivity contribution in [2.45, 2.75) is 83.6 Å². The Morgan fingerprint density at radius 2 is 1.60 bits per heavy atom. The van der Waals surface area contributed by atoms with Crippen LogP contribution >= 0.6 is 0 Å². The van der Waals surface area contributed by atoms with Crippen LogP contribution in [0.2, 0.25) is 0 Å². The number of amides is 3. The lowest BCUT2D eigenvalue weighted by Crippen LogP contribution is -2.53. The molecular weight excluding hydrogens is 570 g/mol. The van der Waals surface area contributed by atoms with Gasteiger partial charge in [0.25, 0.3) is 0 Å². The average molecular weight is 622 g/mol. The van der Waals surface area contributed by atoms with Gasteiger partial charge in [0.05, 0.1) is 30.7 Å². The average Bonchev–Trinajstić information content (AvgIpc) is 3.65. The predicted octanol–water partition coefficient (Wildman–Crippen LogP) is 5.47. The number of hydrogen-bond acceptors (Lipinski definition) is 6. The molecule has 5 atom stereocenters. The fourth-order valence-corrected chi connectivity index (χ4v) is 7.28. The highest BCUT2D eigenvalue weighted by Gasteiger charge is 2.40. The molecular formula is C36H51N3O6. The molecule has 3 amide bonds. The molecule has 9 heteroatoms. The first kappa shape index (κ1) is 34.4. The minimum atomic E-state index is -0.643. The van der Waals surface area contributed by atoms with E-state index in [1.165, 1.54) is 0 Å². The SMILES string of the molecule is CCC(C)C(C(CC(=O)N1CCCC1C(OC)C(C)C)OC)N(C)C(=O)CNC(=O)OCC1c2ccccc2-c2ccccc21. The molecule has 246 valence electrons. The van der Waals surface area contributed by atoms with Gasteiger partial charge in [-0.2, -0.15) is 0 Å². The summed E-state index contributed by atoms with van der Waals surface area (Å²) in [6.07, 6.45) is 1.63. The summed E-state index contributed by atoms with van der Waals surface area (Å²) in [5.41, 5.74) is 4.56. The number of nitrogens with one attached hydrogen (secondary N) is 1. The van der Waals surface area contributed by atoms with Gasteiger partial charge >= 0.3 is 6.09 Å². The lowest BCUT2D eigenvalue weighted by atomic mass is 9.90. The smallest absolute Gasteiger partial charge is 0.407 e. The number of ether oxygens (including phenoxy) is 3. The number of fused-ring (bicyclic) bond motifs is 3. The van der Waals surface area contributed by atoms with E-state index in [0.717, 1.165) is 41.5 Å². The number of nitrogens with zero attached hydrogens (tertiary/aromatic N) is 2. The molecule has 45 heavy (non-hydrogen) atoms. The van der Waals surface area contributed by atoms with Crippen LogP contribution in [0.5, 0.6) is 0 Å². The van der Waals surface area contributed by atoms with Gasteiger partial charge < -0.3 is 29.3 Å². The van der Waals surface area contributed by atoms with E-state index < -0.39 is 12.2 Å². The molecule has 5 unspecified atom stereocenters. The van der Waals surface area contributed by atoms with E-state index in [9.17, 15) is 14.4 Å². The van der Waals surface area contributed by atoms with Crippen LogP contribution in [0.1, 0.15) is 70.4 Å². The largest absolute Gasteiger partial charge is 0.449 e. The highest BCUT2D eigenvalue weighted by atomic mass is 16.5. The number of carbonyl (C=O) groups is 3. The maximum Gasteiger partial charge on any atom is 0.407 e. The van der Waals surface area contributed by atoms with E-state index in [1.54, 1.807) is 26.2 Å². The fraction of sp³-hybridized carbons (Fsp3) is 0.583. The number of carbonyl (C=O) groups excluding carboxylic acids is 3. The monoisotopic (exact) mass is 621 g/mol. The molecule has 1 fully saturated rings. The standard InChI is InChI=1S/C36H51N3O6/c1-8-24(4)34(31(43-6)20-32(40)39-19-13-18-30(39)35(44-7)23(2)3)38(5)33(41)21-37-36(42)45-22-29-27-16-11-9-14-25(27)26-15-10-12-17-28(26)29/h9-12,14-17,23-24,29-31,34-35H,8,13,18-22H2,1-7H3,(H,37,42). The summed E-state index contributed by atoms with van der Waals surface area (Å²) in [6, 6.07) is 16.0. The second-order valence-electron chi connectivity index (χ2n) is 12.8. The lowest BCUT2D eigenvalue weighted by molar-refractivity contribution is -0.144. The number of likely N-dealkylation sites (tertiary alicyclic amines) is 1. The van der Waals surface area contributed by atoms with Crippen molar-refractivity contribution in [1.82, 2.24) is 15.1 Å². The van der Waals surface area contributed by atoms with Crippen LogP contribution in [0, 0.1) is 11.8 Å². The molecule has 0 spiro atoms. The van der Waals surface area contributed by atoms with Gasteiger partial charge in [0.1, 0.15) is 13.2 Å². The maximum absolute atomic E-state index is 13.6. The predicted molar refractivity (Wildman–Crippen MR) is 175 cm³/mol. The van der Waals surface area contributed by atoms with Crippen molar-refractivity contribution in [2.24, 2.45) is 11.8 Å². The summed E-state index contributed by atoms with van der Waals surface area (Å²) in [7, 11) is 5.02. The molecule has 9 nitrogen and oxygen atoms in total. The highest BCUT2D eigenvalue weighted by Crippen LogP contribution is 2.44. The van der Waals surface area contributed by atoms with E-state index in [1.807, 2.05) is 29.2 Å². The third-order valence-corrected chi connectivity index (χ3v) is 9.78. The zero-order valence-electron chi connectivity index (χ0n) is 28.0. The van der Waals surface area contributed by atoms with Crippen LogP contribution < -0.4 is 5.32 Å². The Morgan fingerprint density at radius 3 is 2.16 bits per heavy atom. The first-order valence-corrected chi connectivity index (χ1v) is 16.3. The molecule has 2 aromatic rings. The summed E-state index contributed by atoms with van der Waals surface area (Å²) >= 11 is 0. The molecule has 1 saturated heterocycles. The van der Waals surface area contributed by atoms with Crippen LogP contribution in [0.3, 0.4) is 0 Å². The van der Waals surface area contributed by atoms with Gasteiger partial charge in [-0.05, 0) is 46.9 Å². The topological polar surface area (TPSA) is 97.4 Å². The minimum Gasteiger partial charge on any atom is -0.449 e. The molecule has 2 aliphatic rings. The molecule has 4 rings (SSSR count). The molecule has 0 radical (unpaired) electrons. The molecule has 0 aromatic heterocycles. The Kier molecular flexibility index (Phi) is 12.0. The third-order valence-electron chi connectivity index (χ3n) is 9.78. The van der Waals surface area contributed by atoms with E-state index in [4.69, 9.17) is 14.2 Å². The highest BCUT2D eigenvalue weighted by molar-refractivity contribution is 5.83. The van der Waals surface area contributed by atoms with E-state index in [0.29, 0.717) is 6.54 Å². The maximum atomic E-state index is 13.6. The van der Waals surface area contributed by atoms with Crippen molar-refractivity contribution in [1.29, 1.82) is 0 Å². The fourth-order valence-electron chi connectivity index (χ4n) is 7.28. The van der Waals surface area contributed by atoms with Crippen LogP contribution in [0.4, 0.5) is 4.79 Å². The van der Waals surface area contributed by atoms with Crippen molar-refractivity contribution >= 4 is 17.9 Å². The molecule has 1 heterocycles. The van der Waals surface area contributed by atoms with Crippen LogP contribution in [-0.2, 0) is 23.8 Å². The van der Waals surface area contributed by atoms with Crippen molar-refractivity contribution in [3.05, 3.63) is 59.7 Å². The minimum absolute atomic E-state index is 0.0120. The van der Waals surface area contributed by atoms with Crippen molar-refractivity contribution in [3.8, 4) is 11.1 Å². The van der Waals surface area contributed by atoms with Crippen molar-refractivity contribution < 1.29 is 28.6 Å². The Labute approximate surface area is 268 Å². The third kappa shape index (κ3) is 7.69. The Bertz CT molecular complexity index is 1270. The number of hydrogen-bond donors (Lipinski definition) is 1. The quantitative estimate of drug-likeness (QED) is 0.301. The van der Waals surface area contributed by atoms with Gasteiger partial charge in [0.15, 0.2) is 0 Å². The second-order valence-corrected chi connectivity index (χ2v) is 12.8. The summed E-state index contributed by atoms with van der Waals surface area (Å²) in [6.45, 7) is 8.99. The van der Waals surface area contributed by atoms with E-state index in [2.05, 4.69) is 57.3 Å². The van der Waals surface area contributed by atoms with Gasteiger partial charge in [-0.3, -0.25) is 9.59 Å². The number of alkyl carbamates (subject to hydrolysis) is 1. The summed E-state index contributed by atoms with van der Waals surface area (Å²) in [5, 5.41) is 2.64. The summed E-state index contributed by atoms with van der Waals surface area (Å²) in [4.78, 5) is 43.4. The Balaban J connectivity index is 1.36. The molecule has 1 N–H and O–H groups in total. The van der Waals surface area contributed by atoms with Gasteiger partial charge in [-0.15, -0.1) is 0 Å². The number of likely N-dealkylation sites (N-methyl/N-ethyl adjacent to an activating group) is 1. The number of benzene rings is 2. The van der Waals surface area contributed by atoms with E-state index in [-0.39, 0.29) is 67.3 Å². The van der Waals surface area contributed by atoms with Crippen LogP contribution in [-0.4, -0.2) is 93.0 Å². The Morgan fingerprint density at radius 1 is 0.978 bits per heavy atom. The first-order valence-electron chi connectivity index (χ1n) is 16.3.